The first-order valence-corrected chi connectivity index (χ1v) is 9.44. The summed E-state index contributed by atoms with van der Waals surface area (Å²) in [5.74, 6) is 0.296. The summed E-state index contributed by atoms with van der Waals surface area (Å²) in [5.41, 5.74) is 1.60. The zero-order chi connectivity index (χ0) is 20.3. The van der Waals surface area contributed by atoms with Crippen LogP contribution in [0.15, 0.2) is 22.6 Å². The van der Waals surface area contributed by atoms with Gasteiger partial charge in [-0.3, -0.25) is 19.9 Å². The highest BCUT2D eigenvalue weighted by atomic mass is 35.5. The molecule has 2 heterocycles. The van der Waals surface area contributed by atoms with Crippen LogP contribution in [0.3, 0.4) is 0 Å². The molecule has 3 rings (SSSR count). The topological polar surface area (TPSA) is 72.5 Å². The van der Waals surface area contributed by atoms with E-state index in [9.17, 15) is 14.4 Å². The number of carbonyl (C=O) groups is 1. The van der Waals surface area contributed by atoms with E-state index in [0.29, 0.717) is 54.6 Å². The van der Waals surface area contributed by atoms with Gasteiger partial charge in [-0.2, -0.15) is 5.26 Å². The molecule has 1 aromatic heterocycles. The van der Waals surface area contributed by atoms with Crippen LogP contribution in [0.2, 0.25) is 5.02 Å². The number of amides is 1. The van der Waals surface area contributed by atoms with E-state index in [1.165, 1.54) is 6.07 Å². The van der Waals surface area contributed by atoms with Crippen LogP contribution in [0.1, 0.15) is 22.5 Å². The molecule has 28 heavy (non-hydrogen) atoms. The van der Waals surface area contributed by atoms with Crippen LogP contribution in [-0.4, -0.2) is 48.4 Å². The minimum Gasteiger partial charge on any atom is -0.444 e. The first-order chi connectivity index (χ1) is 13.4. The summed E-state index contributed by atoms with van der Waals surface area (Å²) < 4.78 is 19.4. The van der Waals surface area contributed by atoms with Crippen LogP contribution in [0.4, 0.5) is 10.3 Å². The van der Waals surface area contributed by atoms with Gasteiger partial charge in [-0.1, -0.05) is 17.7 Å². The van der Waals surface area contributed by atoms with Gasteiger partial charge in [0.25, 0.3) is 0 Å². The predicted octanol–water partition coefficient (Wildman–Crippen LogP) is 3.32. The molecule has 148 valence electrons. The molecule has 8 heteroatoms. The summed E-state index contributed by atoms with van der Waals surface area (Å²) in [6.07, 6.45) is 0. The van der Waals surface area contributed by atoms with Crippen molar-refractivity contribution in [2.24, 2.45) is 0 Å². The number of piperazine rings is 1. The monoisotopic (exact) mass is 404 g/mol. The van der Waals surface area contributed by atoms with Crippen molar-refractivity contribution in [1.82, 2.24) is 9.80 Å². The SMILES string of the molecule is Cc1oc(NC(=O)CN2CCN(Cc3c(F)cccc3Cl)CC2)c(C#N)c1C. The molecule has 0 unspecified atom stereocenters. The Morgan fingerprint density at radius 2 is 1.96 bits per heavy atom. The van der Waals surface area contributed by atoms with E-state index in [1.54, 1.807) is 26.0 Å². The number of nitrogens with one attached hydrogen (secondary N) is 1. The molecule has 0 radical (unpaired) electrons. The van der Waals surface area contributed by atoms with E-state index in [-0.39, 0.29) is 24.2 Å². The highest BCUT2D eigenvalue weighted by molar-refractivity contribution is 6.31. The van der Waals surface area contributed by atoms with Gasteiger partial charge in [-0.05, 0) is 26.0 Å². The van der Waals surface area contributed by atoms with Crippen molar-refractivity contribution in [3.63, 3.8) is 0 Å². The van der Waals surface area contributed by atoms with Gasteiger partial charge in [0.05, 0.1) is 6.54 Å². The lowest BCUT2D eigenvalue weighted by molar-refractivity contribution is -0.117. The molecule has 0 spiro atoms. The number of anilines is 1. The quantitative estimate of drug-likeness (QED) is 0.827. The largest absolute Gasteiger partial charge is 0.444 e. The third kappa shape index (κ3) is 4.53. The third-order valence-corrected chi connectivity index (χ3v) is 5.38. The Hall–Kier alpha value is -2.40. The van der Waals surface area contributed by atoms with E-state index < -0.39 is 0 Å². The maximum atomic E-state index is 13.9. The molecule has 1 fully saturated rings. The van der Waals surface area contributed by atoms with E-state index in [4.69, 9.17) is 16.0 Å². The molecular weight excluding hydrogens is 383 g/mol. The van der Waals surface area contributed by atoms with E-state index in [2.05, 4.69) is 16.3 Å². The second-order valence-corrected chi connectivity index (χ2v) is 7.31. The van der Waals surface area contributed by atoms with Crippen LogP contribution in [-0.2, 0) is 11.3 Å². The minimum atomic E-state index is -0.299. The fourth-order valence-corrected chi connectivity index (χ4v) is 3.45. The predicted molar refractivity (Wildman–Crippen MR) is 105 cm³/mol. The van der Waals surface area contributed by atoms with Crippen molar-refractivity contribution < 1.29 is 13.6 Å². The summed E-state index contributed by atoms with van der Waals surface area (Å²) in [7, 11) is 0. The van der Waals surface area contributed by atoms with Crippen LogP contribution < -0.4 is 5.32 Å². The second-order valence-electron chi connectivity index (χ2n) is 6.90. The summed E-state index contributed by atoms with van der Waals surface area (Å²) in [6.45, 7) is 6.98. The Morgan fingerprint density at radius 1 is 1.29 bits per heavy atom. The number of rotatable bonds is 5. The molecule has 0 atom stereocenters. The number of halogens is 2. The van der Waals surface area contributed by atoms with Gasteiger partial charge < -0.3 is 4.42 Å². The fraction of sp³-hybridized carbons (Fsp3) is 0.400. The fourth-order valence-electron chi connectivity index (χ4n) is 3.23. The van der Waals surface area contributed by atoms with Crippen molar-refractivity contribution in [2.75, 3.05) is 38.0 Å². The number of carbonyl (C=O) groups excluding carboxylic acids is 1. The lowest BCUT2D eigenvalue weighted by Gasteiger charge is -2.34. The number of furan rings is 1. The zero-order valence-corrected chi connectivity index (χ0v) is 16.6. The molecule has 1 aliphatic rings. The van der Waals surface area contributed by atoms with Crippen molar-refractivity contribution in [3.05, 3.63) is 51.5 Å². The molecule has 0 saturated carbocycles. The minimum absolute atomic E-state index is 0.204. The smallest absolute Gasteiger partial charge is 0.240 e. The Labute approximate surface area is 168 Å². The average Bonchev–Trinajstić information content (AvgIpc) is 2.92. The number of nitriles is 1. The van der Waals surface area contributed by atoms with Crippen LogP contribution >= 0.6 is 11.6 Å². The van der Waals surface area contributed by atoms with Gasteiger partial charge in [-0.25, -0.2) is 4.39 Å². The van der Waals surface area contributed by atoms with Crippen molar-refractivity contribution >= 4 is 23.4 Å². The molecule has 2 aromatic rings. The lowest BCUT2D eigenvalue weighted by atomic mass is 10.2. The number of hydrogen-bond donors (Lipinski definition) is 1. The number of nitrogens with zero attached hydrogens (tertiary/aromatic N) is 3. The van der Waals surface area contributed by atoms with Gasteiger partial charge in [0.1, 0.15) is 23.2 Å². The highest BCUT2D eigenvalue weighted by Gasteiger charge is 2.22. The maximum absolute atomic E-state index is 13.9. The Morgan fingerprint density at radius 3 is 2.61 bits per heavy atom. The molecule has 0 aliphatic carbocycles. The van der Waals surface area contributed by atoms with Crippen LogP contribution in [0.25, 0.3) is 0 Å². The van der Waals surface area contributed by atoms with Gasteiger partial charge in [0, 0.05) is 48.9 Å². The van der Waals surface area contributed by atoms with Gasteiger partial charge in [0.15, 0.2) is 0 Å². The summed E-state index contributed by atoms with van der Waals surface area (Å²) >= 11 is 6.10. The molecule has 6 nitrogen and oxygen atoms in total. The molecule has 1 N–H and O–H groups in total. The first-order valence-electron chi connectivity index (χ1n) is 9.06. The van der Waals surface area contributed by atoms with E-state index in [0.717, 1.165) is 5.56 Å². The Kier molecular flexibility index (Phi) is 6.35. The number of aryl methyl sites for hydroxylation is 1. The molecule has 1 aromatic carbocycles. The van der Waals surface area contributed by atoms with Gasteiger partial charge >= 0.3 is 0 Å². The normalized spacial score (nSPS) is 15.4. The second kappa shape index (κ2) is 8.74. The average molecular weight is 405 g/mol. The van der Waals surface area contributed by atoms with Crippen molar-refractivity contribution in [3.8, 4) is 6.07 Å². The zero-order valence-electron chi connectivity index (χ0n) is 15.9. The number of hydrogen-bond acceptors (Lipinski definition) is 5. The lowest BCUT2D eigenvalue weighted by Crippen LogP contribution is -2.48. The number of benzene rings is 1. The summed E-state index contributed by atoms with van der Waals surface area (Å²) in [5, 5.41) is 12.3. The Bertz CT molecular complexity index is 893. The first kappa shape index (κ1) is 20.3. The van der Waals surface area contributed by atoms with Crippen molar-refractivity contribution in [1.29, 1.82) is 5.26 Å². The Balaban J connectivity index is 1.51. The molecule has 1 amide bonds. The van der Waals surface area contributed by atoms with E-state index >= 15 is 0 Å². The molecule has 1 aliphatic heterocycles. The van der Waals surface area contributed by atoms with Crippen molar-refractivity contribution in [2.45, 2.75) is 20.4 Å². The maximum Gasteiger partial charge on any atom is 0.240 e. The highest BCUT2D eigenvalue weighted by Crippen LogP contribution is 2.25. The standard InChI is InChI=1S/C20H22ClFN4O2/c1-13-14(2)28-20(15(13)10-23)24-19(27)12-26-8-6-25(7-9-26)11-16-17(21)4-3-5-18(16)22/h3-5H,6-9,11-12H2,1-2H3,(H,24,27). The molecular formula is C20H22ClFN4O2. The van der Waals surface area contributed by atoms with Gasteiger partial charge in [-0.15, -0.1) is 0 Å². The summed E-state index contributed by atoms with van der Waals surface area (Å²) in [4.78, 5) is 16.5. The van der Waals surface area contributed by atoms with Gasteiger partial charge in [0.2, 0.25) is 11.8 Å². The summed E-state index contributed by atoms with van der Waals surface area (Å²) in [6, 6.07) is 6.76. The molecule has 1 saturated heterocycles. The molecule has 0 bridgehead atoms. The van der Waals surface area contributed by atoms with Crippen LogP contribution in [0, 0.1) is 31.0 Å². The third-order valence-electron chi connectivity index (χ3n) is 5.03. The van der Waals surface area contributed by atoms with E-state index in [1.807, 2.05) is 4.90 Å². The van der Waals surface area contributed by atoms with Crippen LogP contribution in [0.5, 0.6) is 0 Å².